The Balaban J connectivity index is 1.63. The molecule has 0 bridgehead atoms. The van der Waals surface area contributed by atoms with Crippen LogP contribution in [0.1, 0.15) is 24.4 Å². The van der Waals surface area contributed by atoms with Gasteiger partial charge in [0.1, 0.15) is 11.6 Å². The summed E-state index contributed by atoms with van der Waals surface area (Å²) < 4.78 is 14.7. The molecule has 0 radical (unpaired) electrons. The van der Waals surface area contributed by atoms with E-state index in [1.54, 1.807) is 4.90 Å². The smallest absolute Gasteiger partial charge is 0.322 e. The van der Waals surface area contributed by atoms with Crippen molar-refractivity contribution < 1.29 is 9.18 Å². The van der Waals surface area contributed by atoms with Gasteiger partial charge < -0.3 is 4.90 Å². The Morgan fingerprint density at radius 3 is 2.95 bits per heavy atom. The molecular formula is C15H18FN5O. The van der Waals surface area contributed by atoms with Crippen LogP contribution in [-0.4, -0.2) is 38.8 Å². The quantitative estimate of drug-likeness (QED) is 0.927. The lowest BCUT2D eigenvalue weighted by Crippen LogP contribution is -2.43. The zero-order valence-corrected chi connectivity index (χ0v) is 12.4. The minimum Gasteiger partial charge on any atom is -0.322 e. The molecule has 6 nitrogen and oxygen atoms in total. The van der Waals surface area contributed by atoms with Crippen molar-refractivity contribution in [2.75, 3.05) is 18.4 Å². The first-order chi connectivity index (χ1) is 10.6. The lowest BCUT2D eigenvalue weighted by molar-refractivity contribution is 0.174. The van der Waals surface area contributed by atoms with Gasteiger partial charge in [0.25, 0.3) is 0 Å². The maximum Gasteiger partial charge on any atom is 0.323 e. The van der Waals surface area contributed by atoms with Crippen LogP contribution in [0.2, 0.25) is 0 Å². The van der Waals surface area contributed by atoms with Crippen LogP contribution in [0.5, 0.6) is 0 Å². The number of hydrogen-bond donors (Lipinski definition) is 1. The summed E-state index contributed by atoms with van der Waals surface area (Å²) in [7, 11) is 0. The van der Waals surface area contributed by atoms with Crippen molar-refractivity contribution >= 4 is 11.8 Å². The van der Waals surface area contributed by atoms with Gasteiger partial charge in [-0.3, -0.25) is 10.00 Å². The number of anilines is 1. The maximum atomic E-state index is 12.8. The van der Waals surface area contributed by atoms with Crippen LogP contribution >= 0.6 is 0 Å². The number of urea groups is 1. The predicted molar refractivity (Wildman–Crippen MR) is 80.0 cm³/mol. The van der Waals surface area contributed by atoms with Crippen LogP contribution in [0.15, 0.2) is 30.7 Å². The number of piperidine rings is 1. The molecule has 3 heterocycles. The number of nitrogens with zero attached hydrogens (tertiary/aromatic N) is 4. The minimum atomic E-state index is -0.426. The molecule has 1 saturated heterocycles. The number of halogens is 1. The van der Waals surface area contributed by atoms with Crippen LogP contribution in [0.4, 0.5) is 15.0 Å². The first-order valence-electron chi connectivity index (χ1n) is 7.30. The molecule has 2 aromatic heterocycles. The Hall–Kier alpha value is -2.44. The van der Waals surface area contributed by atoms with E-state index in [2.05, 4.69) is 15.4 Å². The van der Waals surface area contributed by atoms with E-state index in [9.17, 15) is 9.18 Å². The summed E-state index contributed by atoms with van der Waals surface area (Å²) in [4.78, 5) is 17.9. The number of aromatic nitrogens is 3. The average Bonchev–Trinajstić information content (AvgIpc) is 2.96. The van der Waals surface area contributed by atoms with Crippen molar-refractivity contribution in [2.45, 2.75) is 25.8 Å². The van der Waals surface area contributed by atoms with Crippen molar-refractivity contribution in [3.05, 3.63) is 42.1 Å². The number of aryl methyl sites for hydroxylation is 1. The molecule has 116 valence electrons. The molecule has 7 heteroatoms. The molecule has 22 heavy (non-hydrogen) atoms. The van der Waals surface area contributed by atoms with Crippen molar-refractivity contribution in [3.63, 3.8) is 0 Å². The number of carbonyl (C=O) groups is 1. The van der Waals surface area contributed by atoms with Crippen molar-refractivity contribution in [2.24, 2.45) is 0 Å². The van der Waals surface area contributed by atoms with Gasteiger partial charge in [-0.05, 0) is 37.5 Å². The largest absolute Gasteiger partial charge is 0.323 e. The van der Waals surface area contributed by atoms with Gasteiger partial charge in [-0.25, -0.2) is 14.2 Å². The van der Waals surface area contributed by atoms with Gasteiger partial charge in [-0.1, -0.05) is 0 Å². The number of amides is 2. The van der Waals surface area contributed by atoms with E-state index in [1.807, 2.05) is 24.0 Å². The number of nitrogens with one attached hydrogen (secondary N) is 1. The van der Waals surface area contributed by atoms with Gasteiger partial charge >= 0.3 is 6.03 Å². The highest BCUT2D eigenvalue weighted by atomic mass is 19.1. The van der Waals surface area contributed by atoms with Crippen LogP contribution < -0.4 is 5.32 Å². The van der Waals surface area contributed by atoms with Gasteiger partial charge in [0, 0.05) is 19.3 Å². The van der Waals surface area contributed by atoms with E-state index >= 15 is 0 Å². The molecule has 2 aromatic rings. The molecule has 0 aromatic carbocycles. The maximum absolute atomic E-state index is 12.8. The van der Waals surface area contributed by atoms with Crippen molar-refractivity contribution in [1.29, 1.82) is 0 Å². The third-order valence-electron chi connectivity index (χ3n) is 3.75. The summed E-state index contributed by atoms with van der Waals surface area (Å²) in [6.07, 6.45) is 6.82. The molecule has 0 spiro atoms. The van der Waals surface area contributed by atoms with E-state index in [0.717, 1.165) is 24.6 Å². The first-order valence-corrected chi connectivity index (χ1v) is 7.30. The zero-order valence-electron chi connectivity index (χ0n) is 12.4. The molecule has 1 atom stereocenters. The van der Waals surface area contributed by atoms with E-state index in [1.165, 1.54) is 12.1 Å². The summed E-state index contributed by atoms with van der Waals surface area (Å²) >= 11 is 0. The van der Waals surface area contributed by atoms with E-state index in [-0.39, 0.29) is 12.1 Å². The summed E-state index contributed by atoms with van der Waals surface area (Å²) in [6.45, 7) is 3.30. The van der Waals surface area contributed by atoms with E-state index < -0.39 is 5.82 Å². The van der Waals surface area contributed by atoms with E-state index in [0.29, 0.717) is 18.9 Å². The molecule has 1 N–H and O–H groups in total. The van der Waals surface area contributed by atoms with Crippen LogP contribution in [-0.2, 0) is 0 Å². The second-order valence-corrected chi connectivity index (χ2v) is 5.53. The Morgan fingerprint density at radius 2 is 2.27 bits per heavy atom. The Kier molecular flexibility index (Phi) is 4.04. The van der Waals surface area contributed by atoms with Gasteiger partial charge in [0.15, 0.2) is 0 Å². The highest BCUT2D eigenvalue weighted by molar-refractivity contribution is 5.88. The summed E-state index contributed by atoms with van der Waals surface area (Å²) in [5.74, 6) is -0.0754. The summed E-state index contributed by atoms with van der Waals surface area (Å²) in [5, 5.41) is 7.03. The fraction of sp³-hybridized carbons (Fsp3) is 0.400. The third kappa shape index (κ3) is 3.24. The Morgan fingerprint density at radius 1 is 1.41 bits per heavy atom. The lowest BCUT2D eigenvalue weighted by Gasteiger charge is -2.32. The highest BCUT2D eigenvalue weighted by Gasteiger charge is 2.25. The number of carbonyl (C=O) groups excluding carboxylic acids is 1. The standard InChI is InChI=1S/C15H18FN5O/c1-11-7-18-21(9-11)13-3-2-6-20(10-13)15(22)19-14-5-4-12(16)8-17-14/h4-5,7-9,13H,2-3,6,10H2,1H3,(H,17,19,22). The lowest BCUT2D eigenvalue weighted by atomic mass is 10.1. The van der Waals surface area contributed by atoms with Gasteiger partial charge in [-0.2, -0.15) is 5.10 Å². The van der Waals surface area contributed by atoms with Crippen molar-refractivity contribution in [1.82, 2.24) is 19.7 Å². The molecular weight excluding hydrogens is 285 g/mol. The number of hydrogen-bond acceptors (Lipinski definition) is 3. The Labute approximate surface area is 128 Å². The minimum absolute atomic E-state index is 0.189. The molecule has 1 fully saturated rings. The fourth-order valence-corrected chi connectivity index (χ4v) is 2.63. The normalized spacial score (nSPS) is 18.3. The zero-order chi connectivity index (χ0) is 15.5. The first kappa shape index (κ1) is 14.5. The SMILES string of the molecule is Cc1cnn(C2CCCN(C(=O)Nc3ccc(F)cn3)C2)c1. The number of rotatable bonds is 2. The molecule has 1 aliphatic rings. The van der Waals surface area contributed by atoms with Crippen LogP contribution in [0.25, 0.3) is 0 Å². The Bertz CT molecular complexity index is 654. The molecule has 1 unspecified atom stereocenters. The van der Waals surface area contributed by atoms with Gasteiger partial charge in [0.2, 0.25) is 0 Å². The van der Waals surface area contributed by atoms with Crippen LogP contribution in [0.3, 0.4) is 0 Å². The van der Waals surface area contributed by atoms with E-state index in [4.69, 9.17) is 0 Å². The average molecular weight is 303 g/mol. The highest BCUT2D eigenvalue weighted by Crippen LogP contribution is 2.21. The van der Waals surface area contributed by atoms with Gasteiger partial charge in [-0.15, -0.1) is 0 Å². The summed E-state index contributed by atoms with van der Waals surface area (Å²) in [5.41, 5.74) is 1.11. The topological polar surface area (TPSA) is 63.1 Å². The number of likely N-dealkylation sites (tertiary alicyclic amines) is 1. The molecule has 3 rings (SSSR count). The molecule has 0 saturated carbocycles. The fourth-order valence-electron chi connectivity index (χ4n) is 2.63. The number of pyridine rings is 1. The second-order valence-electron chi connectivity index (χ2n) is 5.53. The monoisotopic (exact) mass is 303 g/mol. The van der Waals surface area contributed by atoms with Crippen molar-refractivity contribution in [3.8, 4) is 0 Å². The molecule has 1 aliphatic heterocycles. The van der Waals surface area contributed by atoms with Crippen LogP contribution in [0, 0.1) is 12.7 Å². The summed E-state index contributed by atoms with van der Waals surface area (Å²) in [6, 6.07) is 2.70. The molecule has 2 amide bonds. The molecule has 0 aliphatic carbocycles. The van der Waals surface area contributed by atoms with Gasteiger partial charge in [0.05, 0.1) is 18.4 Å². The third-order valence-corrected chi connectivity index (χ3v) is 3.75. The predicted octanol–water partition coefficient (Wildman–Crippen LogP) is 2.59. The second kappa shape index (κ2) is 6.13.